The maximum Gasteiger partial charge on any atom is 0.269 e. The highest BCUT2D eigenvalue weighted by Gasteiger charge is 2.14. The highest BCUT2D eigenvalue weighted by molar-refractivity contribution is 5.93. The van der Waals surface area contributed by atoms with Gasteiger partial charge in [-0.25, -0.2) is 13.5 Å². The zero-order chi connectivity index (χ0) is 22.7. The molecule has 0 radical (unpaired) electrons. The number of nitrogens with zero attached hydrogens (tertiary/aromatic N) is 4. The van der Waals surface area contributed by atoms with Crippen LogP contribution >= 0.6 is 0 Å². The summed E-state index contributed by atoms with van der Waals surface area (Å²) in [5, 5.41) is 11.3. The second-order valence-electron chi connectivity index (χ2n) is 7.09. The minimum absolute atomic E-state index is 0.155. The fourth-order valence-corrected chi connectivity index (χ4v) is 3.19. The second-order valence-corrected chi connectivity index (χ2v) is 7.09. The number of halogens is 2. The van der Waals surface area contributed by atoms with E-state index < -0.39 is 0 Å². The molecule has 0 saturated heterocycles. The lowest BCUT2D eigenvalue weighted by atomic mass is 10.1. The summed E-state index contributed by atoms with van der Waals surface area (Å²) in [6.45, 7) is 0.317. The van der Waals surface area contributed by atoms with Gasteiger partial charge >= 0.3 is 0 Å². The van der Waals surface area contributed by atoms with Crippen LogP contribution in [0.1, 0.15) is 10.5 Å². The van der Waals surface area contributed by atoms with Crippen LogP contribution in [-0.2, 0) is 13.6 Å². The molecule has 0 unspecified atom stereocenters. The van der Waals surface area contributed by atoms with Gasteiger partial charge in [-0.3, -0.25) is 14.3 Å². The van der Waals surface area contributed by atoms with Crippen molar-refractivity contribution in [2.24, 2.45) is 7.05 Å². The number of benzene rings is 2. The Hall–Kier alpha value is -4.14. The molecule has 32 heavy (non-hydrogen) atoms. The van der Waals surface area contributed by atoms with Crippen LogP contribution in [0.25, 0.3) is 22.5 Å². The SMILES string of the molecule is Cn1nc(-c2ccc(F)cc2)cc1C(=O)NCCn1nc(-c2ccc(F)cc2)ccc1=O. The average molecular weight is 435 g/mol. The fourth-order valence-electron chi connectivity index (χ4n) is 3.19. The molecule has 4 aromatic rings. The van der Waals surface area contributed by atoms with Crippen molar-refractivity contribution in [2.45, 2.75) is 6.54 Å². The summed E-state index contributed by atoms with van der Waals surface area (Å²) in [4.78, 5) is 24.7. The molecule has 162 valence electrons. The molecular formula is C23H19F2N5O2. The molecule has 0 fully saturated rings. The largest absolute Gasteiger partial charge is 0.349 e. The van der Waals surface area contributed by atoms with E-state index in [1.807, 2.05) is 0 Å². The fraction of sp³-hybridized carbons (Fsp3) is 0.130. The minimum atomic E-state index is -0.365. The lowest BCUT2D eigenvalue weighted by Crippen LogP contribution is -2.32. The molecule has 4 rings (SSSR count). The van der Waals surface area contributed by atoms with Crippen molar-refractivity contribution in [3.8, 4) is 22.5 Å². The summed E-state index contributed by atoms with van der Waals surface area (Å²) in [5.74, 6) is -1.08. The number of carbonyl (C=O) groups is 1. The molecule has 0 atom stereocenters. The van der Waals surface area contributed by atoms with Crippen molar-refractivity contribution >= 4 is 5.91 Å². The molecule has 2 aromatic carbocycles. The van der Waals surface area contributed by atoms with Gasteiger partial charge < -0.3 is 5.32 Å². The van der Waals surface area contributed by atoms with Gasteiger partial charge in [0.2, 0.25) is 0 Å². The summed E-state index contributed by atoms with van der Waals surface area (Å²) in [6, 6.07) is 16.2. The van der Waals surface area contributed by atoms with Gasteiger partial charge in [0.15, 0.2) is 0 Å². The third-order valence-corrected chi connectivity index (χ3v) is 4.87. The van der Waals surface area contributed by atoms with Crippen LogP contribution in [-0.4, -0.2) is 32.0 Å². The van der Waals surface area contributed by atoms with E-state index in [0.29, 0.717) is 28.2 Å². The molecule has 1 N–H and O–H groups in total. The summed E-state index contributed by atoms with van der Waals surface area (Å²) < 4.78 is 28.9. The van der Waals surface area contributed by atoms with E-state index in [1.54, 1.807) is 43.4 Å². The summed E-state index contributed by atoms with van der Waals surface area (Å²) in [7, 11) is 1.64. The molecule has 0 aliphatic rings. The molecule has 0 aliphatic heterocycles. The Morgan fingerprint density at radius 2 is 1.47 bits per heavy atom. The first-order valence-corrected chi connectivity index (χ1v) is 9.83. The molecule has 1 amide bonds. The van der Waals surface area contributed by atoms with E-state index in [4.69, 9.17) is 0 Å². The number of hydrogen-bond acceptors (Lipinski definition) is 4. The Bertz CT molecular complexity index is 1310. The van der Waals surface area contributed by atoms with E-state index in [2.05, 4.69) is 15.5 Å². The van der Waals surface area contributed by atoms with Crippen molar-refractivity contribution in [3.63, 3.8) is 0 Å². The highest BCUT2D eigenvalue weighted by Crippen LogP contribution is 2.19. The van der Waals surface area contributed by atoms with E-state index in [1.165, 1.54) is 39.7 Å². The number of aromatic nitrogens is 4. The van der Waals surface area contributed by atoms with Crippen LogP contribution in [0.15, 0.2) is 71.5 Å². The standard InChI is InChI=1S/C23H19F2N5O2/c1-29-21(14-20(27-29)16-4-8-18(25)9-5-16)23(32)26-12-13-30-22(31)11-10-19(28-30)15-2-6-17(24)7-3-15/h2-11,14H,12-13H2,1H3,(H,26,32). The van der Waals surface area contributed by atoms with E-state index >= 15 is 0 Å². The van der Waals surface area contributed by atoms with Gasteiger partial charge in [0, 0.05) is 30.8 Å². The molecule has 0 saturated carbocycles. The van der Waals surface area contributed by atoms with Gasteiger partial charge in [-0.05, 0) is 60.7 Å². The predicted molar refractivity (Wildman–Crippen MR) is 115 cm³/mol. The van der Waals surface area contributed by atoms with Crippen molar-refractivity contribution in [3.05, 3.63) is 94.4 Å². The first-order chi connectivity index (χ1) is 15.4. The van der Waals surface area contributed by atoms with E-state index in [0.717, 1.165) is 0 Å². The second kappa shape index (κ2) is 8.93. The number of rotatable bonds is 6. The Morgan fingerprint density at radius 1 is 0.875 bits per heavy atom. The maximum absolute atomic E-state index is 13.1. The monoisotopic (exact) mass is 435 g/mol. The maximum atomic E-state index is 13.1. The summed E-state index contributed by atoms with van der Waals surface area (Å²) >= 11 is 0. The van der Waals surface area contributed by atoms with Crippen molar-refractivity contribution in [2.75, 3.05) is 6.54 Å². The first-order valence-electron chi connectivity index (χ1n) is 9.83. The van der Waals surface area contributed by atoms with Gasteiger partial charge in [-0.1, -0.05) is 0 Å². The molecule has 0 spiro atoms. The van der Waals surface area contributed by atoms with Crippen molar-refractivity contribution < 1.29 is 13.6 Å². The molecular weight excluding hydrogens is 416 g/mol. The Morgan fingerprint density at radius 3 is 2.09 bits per heavy atom. The molecule has 0 bridgehead atoms. The number of aryl methyl sites for hydroxylation is 1. The lowest BCUT2D eigenvalue weighted by molar-refractivity contribution is 0.0942. The number of hydrogen-bond donors (Lipinski definition) is 1. The predicted octanol–water partition coefficient (Wildman–Crippen LogP) is 3.02. The van der Waals surface area contributed by atoms with Crippen LogP contribution in [0.5, 0.6) is 0 Å². The van der Waals surface area contributed by atoms with Gasteiger partial charge in [0.05, 0.1) is 17.9 Å². The third kappa shape index (κ3) is 4.61. The molecule has 7 nitrogen and oxygen atoms in total. The summed E-state index contributed by atoms with van der Waals surface area (Å²) in [6.07, 6.45) is 0. The zero-order valence-electron chi connectivity index (χ0n) is 17.1. The van der Waals surface area contributed by atoms with Crippen LogP contribution in [0.3, 0.4) is 0 Å². The van der Waals surface area contributed by atoms with E-state index in [9.17, 15) is 18.4 Å². The molecule has 9 heteroatoms. The van der Waals surface area contributed by atoms with Crippen molar-refractivity contribution in [1.29, 1.82) is 0 Å². The Labute approximate surface area is 181 Å². The number of carbonyl (C=O) groups excluding carboxylic acids is 1. The highest BCUT2D eigenvalue weighted by atomic mass is 19.1. The quantitative estimate of drug-likeness (QED) is 0.505. The molecule has 2 aromatic heterocycles. The minimum Gasteiger partial charge on any atom is -0.349 e. The third-order valence-electron chi connectivity index (χ3n) is 4.87. The van der Waals surface area contributed by atoms with E-state index in [-0.39, 0.29) is 36.2 Å². The van der Waals surface area contributed by atoms with Crippen LogP contribution < -0.4 is 10.9 Å². The normalized spacial score (nSPS) is 10.8. The lowest BCUT2D eigenvalue weighted by Gasteiger charge is -2.08. The Kier molecular flexibility index (Phi) is 5.89. The van der Waals surface area contributed by atoms with Crippen molar-refractivity contribution in [1.82, 2.24) is 24.9 Å². The summed E-state index contributed by atoms with van der Waals surface area (Å²) in [5.41, 5.74) is 2.43. The molecule has 0 aliphatic carbocycles. The number of nitrogens with one attached hydrogen (secondary N) is 1. The van der Waals surface area contributed by atoms with Gasteiger partial charge in [0.1, 0.15) is 17.3 Å². The smallest absolute Gasteiger partial charge is 0.269 e. The topological polar surface area (TPSA) is 81.8 Å². The first kappa shape index (κ1) is 21.1. The van der Waals surface area contributed by atoms with Gasteiger partial charge in [0.25, 0.3) is 11.5 Å². The van der Waals surface area contributed by atoms with Crippen LogP contribution in [0.4, 0.5) is 8.78 Å². The molecule has 2 heterocycles. The van der Waals surface area contributed by atoms with Crippen LogP contribution in [0, 0.1) is 11.6 Å². The van der Waals surface area contributed by atoms with Crippen LogP contribution in [0.2, 0.25) is 0 Å². The number of amides is 1. The van der Waals surface area contributed by atoms with Gasteiger partial charge in [-0.15, -0.1) is 0 Å². The Balaban J connectivity index is 1.43. The van der Waals surface area contributed by atoms with Gasteiger partial charge in [-0.2, -0.15) is 10.2 Å². The zero-order valence-corrected chi connectivity index (χ0v) is 17.1. The average Bonchev–Trinajstić information content (AvgIpc) is 3.18.